The van der Waals surface area contributed by atoms with Gasteiger partial charge in [0.05, 0.1) is 24.4 Å². The molecule has 4 nitrogen and oxygen atoms in total. The second kappa shape index (κ2) is 4.69. The Morgan fingerprint density at radius 2 is 2.24 bits per heavy atom. The molecule has 0 spiro atoms. The number of ether oxygens (including phenoxy) is 3. The van der Waals surface area contributed by atoms with Crippen LogP contribution in [-0.2, 0) is 14.2 Å². The lowest BCUT2D eigenvalue weighted by Gasteiger charge is -2.39. The van der Waals surface area contributed by atoms with Crippen molar-refractivity contribution in [1.82, 2.24) is 0 Å². The summed E-state index contributed by atoms with van der Waals surface area (Å²) in [6.07, 6.45) is 1.20. The van der Waals surface area contributed by atoms with E-state index in [4.69, 9.17) is 14.2 Å². The van der Waals surface area contributed by atoms with Crippen molar-refractivity contribution in [3.8, 4) is 0 Å². The second-order valence-electron chi connectivity index (χ2n) is 5.53. The Labute approximate surface area is 103 Å². The van der Waals surface area contributed by atoms with E-state index in [1.54, 1.807) is 6.08 Å². The van der Waals surface area contributed by atoms with Crippen molar-refractivity contribution in [3.05, 3.63) is 12.7 Å². The number of hydrogen-bond donors (Lipinski definition) is 1. The van der Waals surface area contributed by atoms with Crippen LogP contribution in [0.1, 0.15) is 27.2 Å². The quantitative estimate of drug-likeness (QED) is 0.762. The fourth-order valence-corrected chi connectivity index (χ4v) is 2.75. The molecule has 17 heavy (non-hydrogen) atoms. The number of aliphatic hydroxyl groups is 1. The van der Waals surface area contributed by atoms with E-state index in [0.717, 1.165) is 6.42 Å². The number of rotatable bonds is 3. The number of aliphatic hydroxyl groups excluding tert-OH is 1. The van der Waals surface area contributed by atoms with E-state index in [2.05, 4.69) is 6.58 Å². The van der Waals surface area contributed by atoms with Gasteiger partial charge in [-0.15, -0.1) is 6.58 Å². The maximum Gasteiger partial charge on any atom is 0.163 e. The molecular weight excluding hydrogens is 220 g/mol. The molecule has 2 aliphatic rings. The highest BCUT2D eigenvalue weighted by Gasteiger charge is 2.52. The van der Waals surface area contributed by atoms with Gasteiger partial charge in [0.25, 0.3) is 0 Å². The standard InChI is InChI=1S/C13H22O4/c1-5-6-15-12-9-7-13(3,4)17-11(9)10(14)8(2)16-12/h5,8-12,14H,1,6-7H2,2-4H3/t8?,9?,10-,11?,12+/m0/s1. The molecule has 2 aliphatic heterocycles. The molecule has 4 heteroatoms. The molecule has 0 saturated carbocycles. The van der Waals surface area contributed by atoms with Crippen LogP contribution in [0.2, 0.25) is 0 Å². The van der Waals surface area contributed by atoms with Gasteiger partial charge in [0.2, 0.25) is 0 Å². The Bertz CT molecular complexity index is 289. The third kappa shape index (κ3) is 2.55. The summed E-state index contributed by atoms with van der Waals surface area (Å²) in [6, 6.07) is 0. The van der Waals surface area contributed by atoms with E-state index < -0.39 is 6.10 Å². The third-order valence-corrected chi connectivity index (χ3v) is 3.50. The highest BCUT2D eigenvalue weighted by atomic mass is 16.7. The maximum atomic E-state index is 10.1. The van der Waals surface area contributed by atoms with Crippen molar-refractivity contribution < 1.29 is 19.3 Å². The molecule has 98 valence electrons. The number of fused-ring (bicyclic) bond motifs is 1. The summed E-state index contributed by atoms with van der Waals surface area (Å²) in [5.41, 5.74) is -0.223. The Morgan fingerprint density at radius 1 is 1.53 bits per heavy atom. The molecule has 1 N–H and O–H groups in total. The van der Waals surface area contributed by atoms with E-state index >= 15 is 0 Å². The summed E-state index contributed by atoms with van der Waals surface area (Å²) in [4.78, 5) is 0. The van der Waals surface area contributed by atoms with Gasteiger partial charge in [-0.25, -0.2) is 0 Å². The van der Waals surface area contributed by atoms with E-state index in [0.29, 0.717) is 6.61 Å². The first kappa shape index (κ1) is 13.0. The maximum absolute atomic E-state index is 10.1. The van der Waals surface area contributed by atoms with Gasteiger partial charge < -0.3 is 19.3 Å². The summed E-state index contributed by atoms with van der Waals surface area (Å²) in [6.45, 7) is 10.0. The zero-order chi connectivity index (χ0) is 12.6. The fourth-order valence-electron chi connectivity index (χ4n) is 2.75. The van der Waals surface area contributed by atoms with E-state index in [9.17, 15) is 5.11 Å². The molecule has 2 rings (SSSR count). The van der Waals surface area contributed by atoms with Crippen molar-refractivity contribution in [3.63, 3.8) is 0 Å². The first-order valence-electron chi connectivity index (χ1n) is 6.18. The highest BCUT2D eigenvalue weighted by Crippen LogP contribution is 2.43. The average molecular weight is 242 g/mol. The van der Waals surface area contributed by atoms with Crippen molar-refractivity contribution in [2.45, 2.75) is 57.4 Å². The van der Waals surface area contributed by atoms with Crippen LogP contribution in [0.25, 0.3) is 0 Å². The first-order valence-corrected chi connectivity index (χ1v) is 6.18. The molecule has 2 saturated heterocycles. The zero-order valence-electron chi connectivity index (χ0n) is 10.8. The van der Waals surface area contributed by atoms with Crippen LogP contribution < -0.4 is 0 Å². The lowest BCUT2D eigenvalue weighted by atomic mass is 9.88. The van der Waals surface area contributed by atoms with Crippen LogP contribution in [0.4, 0.5) is 0 Å². The minimum Gasteiger partial charge on any atom is -0.388 e. The number of hydrogen-bond acceptors (Lipinski definition) is 4. The minimum absolute atomic E-state index is 0.0937. The van der Waals surface area contributed by atoms with Crippen molar-refractivity contribution in [2.24, 2.45) is 5.92 Å². The molecule has 3 unspecified atom stereocenters. The molecule has 0 aromatic heterocycles. The van der Waals surface area contributed by atoms with E-state index in [1.807, 2.05) is 20.8 Å². The molecule has 0 aliphatic carbocycles. The van der Waals surface area contributed by atoms with E-state index in [1.165, 1.54) is 0 Å². The monoisotopic (exact) mass is 242 g/mol. The third-order valence-electron chi connectivity index (χ3n) is 3.50. The summed E-state index contributed by atoms with van der Waals surface area (Å²) < 4.78 is 17.2. The minimum atomic E-state index is -0.578. The fraction of sp³-hybridized carbons (Fsp3) is 0.846. The average Bonchev–Trinajstić information content (AvgIpc) is 2.58. The first-order chi connectivity index (χ1) is 7.94. The van der Waals surface area contributed by atoms with Crippen LogP contribution in [0, 0.1) is 5.92 Å². The summed E-state index contributed by atoms with van der Waals surface area (Å²) in [5.74, 6) is 0.0937. The normalized spacial score (nSPS) is 44.4. The van der Waals surface area contributed by atoms with Crippen LogP contribution >= 0.6 is 0 Å². The highest BCUT2D eigenvalue weighted by molar-refractivity contribution is 4.98. The molecule has 0 amide bonds. The zero-order valence-corrected chi connectivity index (χ0v) is 10.8. The second-order valence-corrected chi connectivity index (χ2v) is 5.53. The molecule has 2 fully saturated rings. The Balaban J connectivity index is 2.11. The lowest BCUT2D eigenvalue weighted by molar-refractivity contribution is -0.265. The largest absolute Gasteiger partial charge is 0.388 e. The van der Waals surface area contributed by atoms with Gasteiger partial charge in [0.15, 0.2) is 6.29 Å². The van der Waals surface area contributed by atoms with Crippen LogP contribution in [0.15, 0.2) is 12.7 Å². The van der Waals surface area contributed by atoms with Gasteiger partial charge in [-0.05, 0) is 27.2 Å². The van der Waals surface area contributed by atoms with Gasteiger partial charge in [0, 0.05) is 5.92 Å². The molecule has 0 aromatic rings. The molecular formula is C13H22O4. The van der Waals surface area contributed by atoms with Crippen molar-refractivity contribution in [2.75, 3.05) is 6.61 Å². The van der Waals surface area contributed by atoms with Gasteiger partial charge in [-0.3, -0.25) is 0 Å². The molecule has 0 radical (unpaired) electrons. The van der Waals surface area contributed by atoms with Crippen LogP contribution in [0.5, 0.6) is 0 Å². The van der Waals surface area contributed by atoms with Crippen LogP contribution in [-0.4, -0.2) is 41.9 Å². The summed E-state index contributed by atoms with van der Waals surface area (Å²) >= 11 is 0. The Kier molecular flexibility index (Phi) is 3.59. The SMILES string of the molecule is C=CCO[C@@H]1OC(C)[C@H](O)C2OC(C)(C)CC21. The predicted molar refractivity (Wildman–Crippen MR) is 63.5 cm³/mol. The molecule has 5 atom stereocenters. The summed E-state index contributed by atoms with van der Waals surface area (Å²) in [7, 11) is 0. The van der Waals surface area contributed by atoms with Gasteiger partial charge in [-0.1, -0.05) is 6.08 Å². The van der Waals surface area contributed by atoms with Crippen molar-refractivity contribution in [1.29, 1.82) is 0 Å². The Morgan fingerprint density at radius 3 is 2.88 bits per heavy atom. The summed E-state index contributed by atoms with van der Waals surface area (Å²) in [5, 5.41) is 10.1. The molecule has 0 aromatic carbocycles. The van der Waals surface area contributed by atoms with Crippen LogP contribution in [0.3, 0.4) is 0 Å². The predicted octanol–water partition coefficient (Wildman–Crippen LogP) is 1.48. The van der Waals surface area contributed by atoms with Gasteiger partial charge in [0.1, 0.15) is 6.10 Å². The van der Waals surface area contributed by atoms with Gasteiger partial charge in [-0.2, -0.15) is 0 Å². The smallest absolute Gasteiger partial charge is 0.163 e. The molecule has 0 bridgehead atoms. The molecule has 2 heterocycles. The lowest BCUT2D eigenvalue weighted by Crippen LogP contribution is -2.52. The topological polar surface area (TPSA) is 47.9 Å². The Hall–Kier alpha value is -0.420. The van der Waals surface area contributed by atoms with E-state index in [-0.39, 0.29) is 30.0 Å². The van der Waals surface area contributed by atoms with Gasteiger partial charge >= 0.3 is 0 Å². The van der Waals surface area contributed by atoms with Crippen molar-refractivity contribution >= 4 is 0 Å².